The predicted octanol–water partition coefficient (Wildman–Crippen LogP) is 4.51. The van der Waals surface area contributed by atoms with E-state index in [-0.39, 0.29) is 11.5 Å². The van der Waals surface area contributed by atoms with Gasteiger partial charge in [-0.2, -0.15) is 0 Å². The number of rotatable bonds is 6. The van der Waals surface area contributed by atoms with Gasteiger partial charge in [0.05, 0.1) is 19.2 Å². The second-order valence-electron chi connectivity index (χ2n) is 7.28. The molecule has 1 N–H and O–H groups in total. The minimum Gasteiger partial charge on any atom is -0.497 e. The molecule has 33 heavy (non-hydrogen) atoms. The average Bonchev–Trinajstić information content (AvgIpc) is 3.05. The summed E-state index contributed by atoms with van der Waals surface area (Å²) in [6, 6.07) is 16.6. The lowest BCUT2D eigenvalue weighted by Gasteiger charge is -2.24. The van der Waals surface area contributed by atoms with Crippen LogP contribution in [0, 0.1) is 11.6 Å². The Morgan fingerprint density at radius 2 is 1.48 bits per heavy atom. The molecule has 1 heterocycles. The van der Waals surface area contributed by atoms with Crippen molar-refractivity contribution in [2.75, 3.05) is 22.2 Å². The number of anilines is 3. The van der Waals surface area contributed by atoms with Crippen LogP contribution < -0.4 is 19.9 Å². The smallest absolute Gasteiger partial charge is 0.257 e. The fourth-order valence-electron chi connectivity index (χ4n) is 3.56. The van der Waals surface area contributed by atoms with Crippen LogP contribution in [-0.2, 0) is 9.59 Å². The minimum absolute atomic E-state index is 0.163. The summed E-state index contributed by atoms with van der Waals surface area (Å²) in [7, 11) is 1.53. The molecular weight excluding hydrogens is 448 g/mol. The highest BCUT2D eigenvalue weighted by Crippen LogP contribution is 2.32. The van der Waals surface area contributed by atoms with E-state index in [0.717, 1.165) is 0 Å². The van der Waals surface area contributed by atoms with E-state index in [4.69, 9.17) is 17.0 Å². The molecule has 1 aliphatic heterocycles. The molecule has 3 aromatic rings. The lowest BCUT2D eigenvalue weighted by molar-refractivity contribution is -0.122. The number of methoxy groups -OCH3 is 1. The van der Waals surface area contributed by atoms with Crippen LogP contribution >= 0.6 is 12.2 Å². The van der Waals surface area contributed by atoms with Crippen molar-refractivity contribution in [3.8, 4) is 5.75 Å². The molecule has 0 radical (unpaired) electrons. The van der Waals surface area contributed by atoms with Crippen LogP contribution in [0.1, 0.15) is 6.42 Å². The molecule has 0 aliphatic carbocycles. The molecule has 2 amide bonds. The normalized spacial score (nSPS) is 15.7. The number of thiocarbonyl (C=S) groups is 1. The first-order valence-electron chi connectivity index (χ1n) is 9.99. The Labute approximate surface area is 194 Å². The van der Waals surface area contributed by atoms with E-state index in [1.165, 1.54) is 65.4 Å². The maximum atomic E-state index is 13.5. The van der Waals surface area contributed by atoms with E-state index >= 15 is 0 Å². The number of hydrogen-bond donors (Lipinski definition) is 1. The quantitative estimate of drug-likeness (QED) is 0.541. The van der Waals surface area contributed by atoms with Gasteiger partial charge in [-0.3, -0.25) is 14.5 Å². The Morgan fingerprint density at radius 3 is 2.06 bits per heavy atom. The number of carbonyl (C=O) groups is 2. The number of hydrogen-bond acceptors (Lipinski definition) is 4. The third-order valence-corrected chi connectivity index (χ3v) is 5.54. The highest BCUT2D eigenvalue weighted by molar-refractivity contribution is 7.81. The summed E-state index contributed by atoms with van der Waals surface area (Å²) in [6.07, 6.45) is -0.222. The van der Waals surface area contributed by atoms with E-state index in [1.807, 2.05) is 0 Å². The van der Waals surface area contributed by atoms with Crippen LogP contribution in [0.15, 0.2) is 72.8 Å². The summed E-state index contributed by atoms with van der Waals surface area (Å²) in [5.74, 6) is -1.10. The second-order valence-corrected chi connectivity index (χ2v) is 7.64. The van der Waals surface area contributed by atoms with Gasteiger partial charge in [-0.15, -0.1) is 0 Å². The Hall–Kier alpha value is -3.85. The van der Waals surface area contributed by atoms with Crippen LogP contribution in [0.3, 0.4) is 0 Å². The molecule has 4 rings (SSSR count). The molecule has 1 unspecified atom stereocenters. The zero-order valence-corrected chi connectivity index (χ0v) is 18.3. The first-order chi connectivity index (χ1) is 15.9. The van der Waals surface area contributed by atoms with Crippen molar-refractivity contribution < 1.29 is 23.1 Å². The van der Waals surface area contributed by atoms with Crippen molar-refractivity contribution in [2.45, 2.75) is 12.5 Å². The number of nitrogens with zero attached hydrogens (tertiary/aromatic N) is 2. The third kappa shape index (κ3) is 4.68. The zero-order valence-electron chi connectivity index (χ0n) is 17.5. The molecule has 0 bridgehead atoms. The van der Waals surface area contributed by atoms with E-state index < -0.39 is 29.5 Å². The van der Waals surface area contributed by atoms with Crippen LogP contribution in [-0.4, -0.2) is 30.1 Å². The van der Waals surface area contributed by atoms with Gasteiger partial charge in [0.25, 0.3) is 5.91 Å². The number of benzene rings is 3. The minimum atomic E-state index is -0.953. The van der Waals surface area contributed by atoms with Crippen molar-refractivity contribution in [3.05, 3.63) is 84.4 Å². The number of halogens is 2. The summed E-state index contributed by atoms with van der Waals surface area (Å²) in [5.41, 5.74) is 1.39. The highest BCUT2D eigenvalue weighted by Gasteiger charge is 2.45. The van der Waals surface area contributed by atoms with Crippen LogP contribution in [0.2, 0.25) is 0 Å². The summed E-state index contributed by atoms with van der Waals surface area (Å²) in [4.78, 5) is 29.0. The Kier molecular flexibility index (Phi) is 6.32. The summed E-state index contributed by atoms with van der Waals surface area (Å²) in [6.45, 7) is 0. The van der Waals surface area contributed by atoms with E-state index in [0.29, 0.717) is 22.8 Å². The molecule has 1 fully saturated rings. The van der Waals surface area contributed by atoms with Gasteiger partial charge in [-0.1, -0.05) is 0 Å². The molecule has 168 valence electrons. The Bertz CT molecular complexity index is 1190. The van der Waals surface area contributed by atoms with Crippen molar-refractivity contribution in [1.82, 2.24) is 0 Å². The van der Waals surface area contributed by atoms with Gasteiger partial charge in [0.15, 0.2) is 5.11 Å². The third-order valence-electron chi connectivity index (χ3n) is 5.16. The summed E-state index contributed by atoms with van der Waals surface area (Å²) < 4.78 is 31.8. The molecule has 1 saturated heterocycles. The average molecular weight is 467 g/mol. The topological polar surface area (TPSA) is 61.9 Å². The zero-order chi connectivity index (χ0) is 23.5. The molecule has 1 aliphatic rings. The van der Waals surface area contributed by atoms with Gasteiger partial charge in [0, 0.05) is 11.4 Å². The number of nitrogens with one attached hydrogen (secondary N) is 1. The van der Waals surface area contributed by atoms with Gasteiger partial charge >= 0.3 is 0 Å². The van der Waals surface area contributed by atoms with Gasteiger partial charge in [-0.25, -0.2) is 8.78 Å². The van der Waals surface area contributed by atoms with Crippen LogP contribution in [0.4, 0.5) is 25.8 Å². The molecule has 0 spiro atoms. The number of amides is 2. The Morgan fingerprint density at radius 1 is 0.939 bits per heavy atom. The van der Waals surface area contributed by atoms with Crippen LogP contribution in [0.25, 0.3) is 0 Å². The van der Waals surface area contributed by atoms with E-state index in [9.17, 15) is 18.4 Å². The summed E-state index contributed by atoms with van der Waals surface area (Å²) in [5, 5.41) is 2.82. The van der Waals surface area contributed by atoms with Gasteiger partial charge in [-0.05, 0) is 85.0 Å². The van der Waals surface area contributed by atoms with Crippen molar-refractivity contribution in [2.24, 2.45) is 0 Å². The maximum absolute atomic E-state index is 13.5. The number of carbonyl (C=O) groups excluding carboxylic acids is 2. The van der Waals surface area contributed by atoms with E-state index in [1.54, 1.807) is 24.3 Å². The second kappa shape index (κ2) is 9.33. The SMILES string of the molecule is COc1ccc(N2C(=O)C(CC(=O)Nc3ccc(F)cc3)N(c3ccc(F)cc3)C2=S)cc1. The van der Waals surface area contributed by atoms with Crippen molar-refractivity contribution >= 4 is 46.2 Å². The van der Waals surface area contributed by atoms with Crippen LogP contribution in [0.5, 0.6) is 5.75 Å². The fourth-order valence-corrected chi connectivity index (χ4v) is 3.98. The molecule has 9 heteroatoms. The molecule has 0 aromatic heterocycles. The highest BCUT2D eigenvalue weighted by atomic mass is 32.1. The molecule has 3 aromatic carbocycles. The Balaban J connectivity index is 1.64. The lowest BCUT2D eigenvalue weighted by atomic mass is 10.1. The van der Waals surface area contributed by atoms with Gasteiger partial charge < -0.3 is 15.0 Å². The van der Waals surface area contributed by atoms with Gasteiger partial charge in [0.2, 0.25) is 5.91 Å². The van der Waals surface area contributed by atoms with Gasteiger partial charge in [0.1, 0.15) is 23.4 Å². The molecule has 1 atom stereocenters. The van der Waals surface area contributed by atoms with Crippen molar-refractivity contribution in [3.63, 3.8) is 0 Å². The lowest BCUT2D eigenvalue weighted by Crippen LogP contribution is -2.38. The molecular formula is C24H19F2N3O3S. The predicted molar refractivity (Wildman–Crippen MR) is 125 cm³/mol. The number of ether oxygens (including phenoxy) is 1. The first-order valence-corrected chi connectivity index (χ1v) is 10.4. The standard InChI is InChI=1S/C24H19F2N3O3S/c1-32-20-12-10-19(11-13-20)29-23(31)21(14-22(30)27-17-6-2-15(25)3-7-17)28(24(29)33)18-8-4-16(26)5-9-18/h2-13,21H,14H2,1H3,(H,27,30). The molecule has 6 nitrogen and oxygen atoms in total. The molecule has 0 saturated carbocycles. The maximum Gasteiger partial charge on any atom is 0.257 e. The first kappa shape index (κ1) is 22.3. The fraction of sp³-hybridized carbons (Fsp3) is 0.125. The van der Waals surface area contributed by atoms with E-state index in [2.05, 4.69) is 5.32 Å². The summed E-state index contributed by atoms with van der Waals surface area (Å²) >= 11 is 5.60. The van der Waals surface area contributed by atoms with Crippen molar-refractivity contribution in [1.29, 1.82) is 0 Å². The monoisotopic (exact) mass is 467 g/mol. The largest absolute Gasteiger partial charge is 0.497 e.